The van der Waals surface area contributed by atoms with Crippen LogP contribution in [-0.2, 0) is 4.74 Å². The van der Waals surface area contributed by atoms with Gasteiger partial charge in [0.25, 0.3) is 0 Å². The maximum Gasteiger partial charge on any atom is 0.339 e. The van der Waals surface area contributed by atoms with Crippen molar-refractivity contribution in [3.05, 3.63) is 23.4 Å². The third kappa shape index (κ3) is 2.77. The summed E-state index contributed by atoms with van der Waals surface area (Å²) in [5.41, 5.74) is 1.25. The number of carbonyl (C=O) groups is 1. The monoisotopic (exact) mass is 277 g/mol. The van der Waals surface area contributed by atoms with Crippen molar-refractivity contribution in [2.45, 2.75) is 19.9 Å². The molecule has 5 nitrogen and oxygen atoms in total. The molecule has 0 aromatic carbocycles. The largest absolute Gasteiger partial charge is 0.465 e. The predicted molar refractivity (Wildman–Crippen MR) is 79.2 cm³/mol. The van der Waals surface area contributed by atoms with Gasteiger partial charge >= 0.3 is 5.97 Å². The zero-order chi connectivity index (χ0) is 14.9. The summed E-state index contributed by atoms with van der Waals surface area (Å²) < 4.78 is 4.75. The summed E-state index contributed by atoms with van der Waals surface area (Å²) in [5.74, 6) is 1.21. The van der Waals surface area contributed by atoms with Crippen molar-refractivity contribution in [1.29, 1.82) is 0 Å². The van der Waals surface area contributed by atoms with Crippen LogP contribution >= 0.6 is 0 Å². The van der Waals surface area contributed by atoms with Gasteiger partial charge in [0.15, 0.2) is 0 Å². The van der Waals surface area contributed by atoms with Gasteiger partial charge in [-0.3, -0.25) is 0 Å². The average molecular weight is 277 g/mol. The van der Waals surface area contributed by atoms with Crippen LogP contribution in [0, 0.1) is 12.8 Å². The van der Waals surface area contributed by atoms with E-state index >= 15 is 0 Å². The fraction of sp³-hybridized carbons (Fsp3) is 0.600. The Kier molecular flexibility index (Phi) is 4.28. The second-order valence-corrected chi connectivity index (χ2v) is 5.71. The number of nitrogens with zero attached hydrogens (tertiary/aromatic N) is 3. The van der Waals surface area contributed by atoms with Gasteiger partial charge in [-0.2, -0.15) is 0 Å². The molecule has 0 aliphatic carbocycles. The Morgan fingerprint density at radius 1 is 1.40 bits per heavy atom. The lowest BCUT2D eigenvalue weighted by Gasteiger charge is -2.22. The third-order valence-corrected chi connectivity index (χ3v) is 4.04. The van der Waals surface area contributed by atoms with Gasteiger partial charge in [0.05, 0.1) is 18.4 Å². The highest BCUT2D eigenvalue weighted by Crippen LogP contribution is 2.25. The van der Waals surface area contributed by atoms with Crippen molar-refractivity contribution in [3.63, 3.8) is 0 Å². The van der Waals surface area contributed by atoms with Crippen LogP contribution in [0.2, 0.25) is 0 Å². The van der Waals surface area contributed by atoms with E-state index in [-0.39, 0.29) is 5.97 Å². The fourth-order valence-electron chi connectivity index (χ4n) is 2.86. The number of ether oxygens (including phenoxy) is 1. The molecule has 1 aliphatic rings. The van der Waals surface area contributed by atoms with Crippen LogP contribution in [0.3, 0.4) is 0 Å². The minimum atomic E-state index is -0.331. The van der Waals surface area contributed by atoms with Gasteiger partial charge in [0, 0.05) is 19.1 Å². The van der Waals surface area contributed by atoms with E-state index in [0.29, 0.717) is 17.5 Å². The molecule has 1 aromatic heterocycles. The van der Waals surface area contributed by atoms with E-state index in [2.05, 4.69) is 35.8 Å². The Morgan fingerprint density at radius 2 is 2.10 bits per heavy atom. The molecule has 2 rings (SSSR count). The molecule has 110 valence electrons. The number of rotatable bonds is 3. The Balaban J connectivity index is 2.19. The van der Waals surface area contributed by atoms with Crippen molar-refractivity contribution in [2.75, 3.05) is 39.2 Å². The molecule has 1 saturated heterocycles. The van der Waals surface area contributed by atoms with Crippen LogP contribution in [0.4, 0.5) is 5.82 Å². The van der Waals surface area contributed by atoms with Crippen molar-refractivity contribution in [3.8, 4) is 0 Å². The van der Waals surface area contributed by atoms with E-state index in [4.69, 9.17) is 4.74 Å². The SMILES string of the molecule is COC(=O)c1ccc(N2CC(C)C(N(C)C)C2)nc1C. The Morgan fingerprint density at radius 3 is 2.60 bits per heavy atom. The van der Waals surface area contributed by atoms with Crippen molar-refractivity contribution < 1.29 is 9.53 Å². The molecule has 2 unspecified atom stereocenters. The number of anilines is 1. The number of esters is 1. The van der Waals surface area contributed by atoms with Crippen molar-refractivity contribution in [2.24, 2.45) is 5.92 Å². The molecule has 0 amide bonds. The van der Waals surface area contributed by atoms with Gasteiger partial charge in [-0.1, -0.05) is 6.92 Å². The fourth-order valence-corrected chi connectivity index (χ4v) is 2.86. The minimum Gasteiger partial charge on any atom is -0.465 e. The molecule has 2 heterocycles. The Bertz CT molecular complexity index is 502. The molecule has 0 spiro atoms. The van der Waals surface area contributed by atoms with E-state index in [1.807, 2.05) is 13.0 Å². The first kappa shape index (κ1) is 14.8. The lowest BCUT2D eigenvalue weighted by Crippen LogP contribution is -2.34. The molecule has 0 bridgehead atoms. The third-order valence-electron chi connectivity index (χ3n) is 4.04. The molecule has 5 heteroatoms. The number of pyridine rings is 1. The lowest BCUT2D eigenvalue weighted by molar-refractivity contribution is 0.0599. The van der Waals surface area contributed by atoms with Gasteiger partial charge in [-0.25, -0.2) is 9.78 Å². The average Bonchev–Trinajstić information content (AvgIpc) is 2.80. The zero-order valence-corrected chi connectivity index (χ0v) is 12.9. The molecule has 1 fully saturated rings. The van der Waals surface area contributed by atoms with E-state index < -0.39 is 0 Å². The van der Waals surface area contributed by atoms with E-state index in [1.54, 1.807) is 6.07 Å². The quantitative estimate of drug-likeness (QED) is 0.785. The molecule has 0 N–H and O–H groups in total. The number of aromatic nitrogens is 1. The number of hydrogen-bond acceptors (Lipinski definition) is 5. The maximum absolute atomic E-state index is 11.6. The van der Waals surface area contributed by atoms with Crippen LogP contribution in [0.1, 0.15) is 23.0 Å². The molecule has 1 aliphatic heterocycles. The van der Waals surface area contributed by atoms with Gasteiger partial charge in [0.2, 0.25) is 0 Å². The van der Waals surface area contributed by atoms with Crippen molar-refractivity contribution in [1.82, 2.24) is 9.88 Å². The maximum atomic E-state index is 11.6. The second kappa shape index (κ2) is 5.79. The smallest absolute Gasteiger partial charge is 0.339 e. The number of carbonyl (C=O) groups excluding carboxylic acids is 1. The normalized spacial score (nSPS) is 22.4. The first-order valence-electron chi connectivity index (χ1n) is 6.91. The summed E-state index contributed by atoms with van der Waals surface area (Å²) in [5, 5.41) is 0. The Hall–Kier alpha value is -1.62. The molecular weight excluding hydrogens is 254 g/mol. The van der Waals surface area contributed by atoms with Gasteiger partial charge in [-0.15, -0.1) is 0 Å². The number of hydrogen-bond donors (Lipinski definition) is 0. The van der Waals surface area contributed by atoms with Crippen LogP contribution < -0.4 is 4.90 Å². The first-order valence-corrected chi connectivity index (χ1v) is 6.91. The van der Waals surface area contributed by atoms with Crippen LogP contribution in [0.25, 0.3) is 0 Å². The number of likely N-dealkylation sites (N-methyl/N-ethyl adjacent to an activating group) is 1. The summed E-state index contributed by atoms with van der Waals surface area (Å²) in [6, 6.07) is 4.25. The number of aryl methyl sites for hydroxylation is 1. The van der Waals surface area contributed by atoms with Crippen LogP contribution in [-0.4, -0.2) is 56.2 Å². The highest BCUT2D eigenvalue weighted by molar-refractivity contribution is 5.90. The van der Waals surface area contributed by atoms with Gasteiger partial charge in [0.1, 0.15) is 5.82 Å². The summed E-state index contributed by atoms with van der Waals surface area (Å²) in [7, 11) is 5.62. The Labute approximate surface area is 120 Å². The lowest BCUT2D eigenvalue weighted by atomic mass is 10.1. The summed E-state index contributed by atoms with van der Waals surface area (Å²) in [4.78, 5) is 20.7. The van der Waals surface area contributed by atoms with Crippen molar-refractivity contribution >= 4 is 11.8 Å². The minimum absolute atomic E-state index is 0.331. The molecule has 1 aromatic rings. The van der Waals surface area contributed by atoms with Crippen LogP contribution in [0.5, 0.6) is 0 Å². The predicted octanol–water partition coefficient (Wildman–Crippen LogP) is 1.56. The van der Waals surface area contributed by atoms with E-state index in [9.17, 15) is 4.79 Å². The molecular formula is C15H23N3O2. The number of methoxy groups -OCH3 is 1. The zero-order valence-electron chi connectivity index (χ0n) is 12.9. The first-order chi connectivity index (χ1) is 9.43. The molecule has 0 radical (unpaired) electrons. The summed E-state index contributed by atoms with van der Waals surface area (Å²) >= 11 is 0. The summed E-state index contributed by atoms with van der Waals surface area (Å²) in [6.07, 6.45) is 0. The molecule has 2 atom stereocenters. The standard InChI is InChI=1S/C15H23N3O2/c1-10-8-18(9-13(10)17(3)4)14-7-6-12(11(2)16-14)15(19)20-5/h6-7,10,13H,8-9H2,1-5H3. The molecule has 0 saturated carbocycles. The topological polar surface area (TPSA) is 45.7 Å². The second-order valence-electron chi connectivity index (χ2n) is 5.71. The van der Waals surface area contributed by atoms with E-state index in [1.165, 1.54) is 7.11 Å². The highest BCUT2D eigenvalue weighted by atomic mass is 16.5. The summed E-state index contributed by atoms with van der Waals surface area (Å²) in [6.45, 7) is 6.07. The van der Waals surface area contributed by atoms with E-state index in [0.717, 1.165) is 24.6 Å². The highest BCUT2D eigenvalue weighted by Gasteiger charge is 2.31. The van der Waals surface area contributed by atoms with Crippen LogP contribution in [0.15, 0.2) is 12.1 Å². The van der Waals surface area contributed by atoms with Gasteiger partial charge in [-0.05, 0) is 39.1 Å². The van der Waals surface area contributed by atoms with Gasteiger partial charge < -0.3 is 14.5 Å². The molecule has 20 heavy (non-hydrogen) atoms.